The van der Waals surface area contributed by atoms with E-state index in [1.807, 2.05) is 11.4 Å². The highest BCUT2D eigenvalue weighted by atomic mass is 35.5. The summed E-state index contributed by atoms with van der Waals surface area (Å²) in [4.78, 5) is 15.8. The number of nitrogens with zero attached hydrogens (tertiary/aromatic N) is 1. The van der Waals surface area contributed by atoms with Crippen LogP contribution in [0.1, 0.15) is 24.1 Å². The van der Waals surface area contributed by atoms with Gasteiger partial charge >= 0.3 is 0 Å². The highest BCUT2D eigenvalue weighted by Gasteiger charge is 2.07. The summed E-state index contributed by atoms with van der Waals surface area (Å²) in [5.74, 6) is 0.0673. The molecule has 2 aromatic heterocycles. The van der Waals surface area contributed by atoms with Crippen LogP contribution in [0.5, 0.6) is 0 Å². The van der Waals surface area contributed by atoms with Gasteiger partial charge in [0.05, 0.1) is 19.9 Å². The predicted octanol–water partition coefficient (Wildman–Crippen LogP) is 4.19. The van der Waals surface area contributed by atoms with Gasteiger partial charge in [0.15, 0.2) is 0 Å². The van der Waals surface area contributed by atoms with E-state index in [0.29, 0.717) is 17.3 Å². The van der Waals surface area contributed by atoms with Crippen molar-refractivity contribution >= 4 is 51.8 Å². The van der Waals surface area contributed by atoms with Crippen molar-refractivity contribution < 1.29 is 4.79 Å². The summed E-state index contributed by atoms with van der Waals surface area (Å²) in [6.07, 6.45) is 2.83. The van der Waals surface area contributed by atoms with Gasteiger partial charge in [-0.1, -0.05) is 23.2 Å². The van der Waals surface area contributed by atoms with Crippen LogP contribution in [0.4, 0.5) is 0 Å². The van der Waals surface area contributed by atoms with Crippen LogP contribution >= 0.6 is 45.9 Å². The van der Waals surface area contributed by atoms with Crippen molar-refractivity contribution in [2.24, 2.45) is 0 Å². The number of aromatic nitrogens is 1. The topological polar surface area (TPSA) is 42.0 Å². The molecule has 0 bridgehead atoms. The first kappa shape index (κ1) is 15.8. The number of thiazole rings is 1. The Balaban J connectivity index is 1.61. The Morgan fingerprint density at radius 2 is 2.20 bits per heavy atom. The molecule has 0 aliphatic rings. The van der Waals surface area contributed by atoms with Crippen molar-refractivity contribution in [3.8, 4) is 0 Å². The number of carbonyl (C=O) groups is 1. The molecule has 3 nitrogen and oxygen atoms in total. The van der Waals surface area contributed by atoms with Crippen molar-refractivity contribution in [1.82, 2.24) is 10.3 Å². The molecule has 0 atom stereocenters. The molecule has 0 aromatic carbocycles. The Morgan fingerprint density at radius 3 is 2.85 bits per heavy atom. The lowest BCUT2D eigenvalue weighted by atomic mass is 10.1. The van der Waals surface area contributed by atoms with E-state index in [4.69, 9.17) is 23.2 Å². The number of carbonyl (C=O) groups excluding carboxylic acids is 1. The van der Waals surface area contributed by atoms with Crippen molar-refractivity contribution in [1.29, 1.82) is 0 Å². The number of amides is 1. The summed E-state index contributed by atoms with van der Waals surface area (Å²) in [7, 11) is 0. The number of hydrogen-bond acceptors (Lipinski definition) is 4. The van der Waals surface area contributed by atoms with Gasteiger partial charge in [-0.2, -0.15) is 0 Å². The Labute approximate surface area is 135 Å². The van der Waals surface area contributed by atoms with E-state index in [1.165, 1.54) is 11.3 Å². The summed E-state index contributed by atoms with van der Waals surface area (Å²) < 4.78 is 1.41. The lowest BCUT2D eigenvalue weighted by molar-refractivity contribution is -0.121. The maximum Gasteiger partial charge on any atom is 0.220 e. The fraction of sp³-hybridized carbons (Fsp3) is 0.385. The van der Waals surface area contributed by atoms with E-state index in [1.54, 1.807) is 16.8 Å². The fourth-order valence-corrected chi connectivity index (χ4v) is 3.90. The number of aryl methyl sites for hydroxylation is 1. The van der Waals surface area contributed by atoms with Crippen LogP contribution in [0, 0.1) is 0 Å². The Hall–Kier alpha value is -0.620. The average Bonchev–Trinajstić information content (AvgIpc) is 3.00. The van der Waals surface area contributed by atoms with Gasteiger partial charge in [-0.25, -0.2) is 4.98 Å². The molecule has 20 heavy (non-hydrogen) atoms. The Morgan fingerprint density at radius 1 is 1.35 bits per heavy atom. The van der Waals surface area contributed by atoms with E-state index in [2.05, 4.69) is 10.3 Å². The molecule has 7 heteroatoms. The van der Waals surface area contributed by atoms with Crippen LogP contribution in [0.15, 0.2) is 17.0 Å². The van der Waals surface area contributed by atoms with Gasteiger partial charge in [-0.15, -0.1) is 22.7 Å². The zero-order chi connectivity index (χ0) is 14.4. The molecule has 2 rings (SSSR count). The SMILES string of the molecule is O=C(CCCc1cc(Cl)sc1Cl)NCCc1cscn1. The van der Waals surface area contributed by atoms with Gasteiger partial charge in [0, 0.05) is 24.8 Å². The summed E-state index contributed by atoms with van der Waals surface area (Å²) >= 11 is 14.8. The molecule has 1 N–H and O–H groups in total. The molecule has 0 unspecified atom stereocenters. The molecular weight excluding hydrogens is 335 g/mol. The van der Waals surface area contributed by atoms with Crippen LogP contribution in [0.25, 0.3) is 0 Å². The molecular formula is C13H14Cl2N2OS2. The molecule has 0 aliphatic carbocycles. The average molecular weight is 349 g/mol. The lowest BCUT2D eigenvalue weighted by Crippen LogP contribution is -2.25. The van der Waals surface area contributed by atoms with E-state index in [-0.39, 0.29) is 5.91 Å². The number of hydrogen-bond donors (Lipinski definition) is 1. The smallest absolute Gasteiger partial charge is 0.220 e. The zero-order valence-corrected chi connectivity index (χ0v) is 13.8. The lowest BCUT2D eigenvalue weighted by Gasteiger charge is -2.04. The summed E-state index contributed by atoms with van der Waals surface area (Å²) in [5.41, 5.74) is 3.85. The van der Waals surface area contributed by atoms with Gasteiger partial charge in [-0.3, -0.25) is 4.79 Å². The molecule has 0 saturated carbocycles. The van der Waals surface area contributed by atoms with Gasteiger partial charge in [0.2, 0.25) is 5.91 Å². The first-order valence-corrected chi connectivity index (χ1v) is 8.74. The van der Waals surface area contributed by atoms with Gasteiger partial charge in [0.25, 0.3) is 0 Å². The normalized spacial score (nSPS) is 10.7. The highest BCUT2D eigenvalue weighted by molar-refractivity contribution is 7.20. The molecule has 0 fully saturated rings. The highest BCUT2D eigenvalue weighted by Crippen LogP contribution is 2.31. The largest absolute Gasteiger partial charge is 0.356 e. The molecule has 0 aliphatic heterocycles. The monoisotopic (exact) mass is 348 g/mol. The molecule has 0 radical (unpaired) electrons. The van der Waals surface area contributed by atoms with Crippen LogP contribution in [0.2, 0.25) is 8.67 Å². The Bertz CT molecular complexity index is 555. The molecule has 0 saturated heterocycles. The van der Waals surface area contributed by atoms with Crippen molar-refractivity contribution in [3.05, 3.63) is 36.9 Å². The van der Waals surface area contributed by atoms with Gasteiger partial charge in [0.1, 0.15) is 0 Å². The van der Waals surface area contributed by atoms with E-state index in [0.717, 1.165) is 34.9 Å². The maximum atomic E-state index is 11.7. The summed E-state index contributed by atoms with van der Waals surface area (Å²) in [6, 6.07) is 1.87. The van der Waals surface area contributed by atoms with E-state index in [9.17, 15) is 4.79 Å². The standard InChI is InChI=1S/C13H14Cl2N2OS2/c14-11-6-9(13(15)20-11)2-1-3-12(18)16-5-4-10-7-19-8-17-10/h6-8H,1-5H2,(H,16,18). The second kappa shape index (κ2) is 7.98. The number of nitrogens with one attached hydrogen (secondary N) is 1. The van der Waals surface area contributed by atoms with Crippen molar-refractivity contribution in [3.63, 3.8) is 0 Å². The summed E-state index contributed by atoms with van der Waals surface area (Å²) in [5, 5.41) is 4.89. The first-order chi connectivity index (χ1) is 9.65. The first-order valence-electron chi connectivity index (χ1n) is 6.22. The minimum Gasteiger partial charge on any atom is -0.356 e. The summed E-state index contributed by atoms with van der Waals surface area (Å²) in [6.45, 7) is 0.633. The molecule has 0 spiro atoms. The zero-order valence-electron chi connectivity index (χ0n) is 10.7. The van der Waals surface area contributed by atoms with Gasteiger partial charge < -0.3 is 5.32 Å². The molecule has 1 amide bonds. The fourth-order valence-electron chi connectivity index (χ4n) is 1.76. The van der Waals surface area contributed by atoms with Crippen molar-refractivity contribution in [2.45, 2.75) is 25.7 Å². The van der Waals surface area contributed by atoms with Crippen LogP contribution in [0.3, 0.4) is 0 Å². The number of halogens is 2. The van der Waals surface area contributed by atoms with Crippen molar-refractivity contribution in [2.75, 3.05) is 6.54 Å². The second-order valence-corrected chi connectivity index (χ2v) is 7.29. The number of thiophene rings is 1. The van der Waals surface area contributed by atoms with Gasteiger partial charge in [-0.05, 0) is 24.5 Å². The van der Waals surface area contributed by atoms with E-state index >= 15 is 0 Å². The third-order valence-corrected chi connectivity index (χ3v) is 4.97. The van der Waals surface area contributed by atoms with Crippen LogP contribution in [-0.2, 0) is 17.6 Å². The third kappa shape index (κ3) is 5.05. The molecule has 2 aromatic rings. The van der Waals surface area contributed by atoms with Crippen LogP contribution in [-0.4, -0.2) is 17.4 Å². The van der Waals surface area contributed by atoms with Crippen LogP contribution < -0.4 is 5.32 Å². The quantitative estimate of drug-likeness (QED) is 0.814. The Kier molecular flexibility index (Phi) is 6.29. The molecule has 2 heterocycles. The minimum atomic E-state index is 0.0673. The predicted molar refractivity (Wildman–Crippen MR) is 86.1 cm³/mol. The second-order valence-electron chi connectivity index (χ2n) is 4.28. The minimum absolute atomic E-state index is 0.0673. The maximum absolute atomic E-state index is 11.7. The third-order valence-electron chi connectivity index (χ3n) is 2.76. The molecule has 108 valence electrons. The number of rotatable bonds is 7. The van der Waals surface area contributed by atoms with E-state index < -0.39 is 0 Å².